The summed E-state index contributed by atoms with van der Waals surface area (Å²) in [5.74, 6) is -0.110. The third-order valence-electron chi connectivity index (χ3n) is 3.41. The van der Waals surface area contributed by atoms with Gasteiger partial charge < -0.3 is 9.64 Å². The monoisotopic (exact) mass is 290 g/mol. The zero-order valence-electron chi connectivity index (χ0n) is 11.4. The van der Waals surface area contributed by atoms with Gasteiger partial charge in [-0.05, 0) is 12.1 Å². The van der Waals surface area contributed by atoms with Crippen molar-refractivity contribution in [2.75, 3.05) is 19.7 Å². The number of hydrogen-bond acceptors (Lipinski definition) is 4. The minimum atomic E-state index is -0.460. The molecule has 1 fully saturated rings. The maximum absolute atomic E-state index is 13.3. The summed E-state index contributed by atoms with van der Waals surface area (Å²) in [6.07, 6.45) is 3.15. The molecule has 0 spiro atoms. The minimum absolute atomic E-state index is 0.102. The molecule has 0 bridgehead atoms. The lowest BCUT2D eigenvalue weighted by Gasteiger charge is -2.39. The maximum atomic E-state index is 13.3. The fourth-order valence-corrected chi connectivity index (χ4v) is 2.27. The third kappa shape index (κ3) is 3.18. The van der Waals surface area contributed by atoms with E-state index in [9.17, 15) is 9.18 Å². The van der Waals surface area contributed by atoms with Crippen molar-refractivity contribution in [1.29, 1.82) is 0 Å². The van der Waals surface area contributed by atoms with E-state index in [1.807, 2.05) is 0 Å². The molecule has 6 nitrogen and oxygen atoms in total. The summed E-state index contributed by atoms with van der Waals surface area (Å²) in [4.78, 5) is 17.5. The molecule has 21 heavy (non-hydrogen) atoms. The lowest BCUT2D eigenvalue weighted by molar-refractivity contribution is -0.140. The molecule has 1 aromatic carbocycles. The van der Waals surface area contributed by atoms with Gasteiger partial charge in [0.2, 0.25) is 0 Å². The van der Waals surface area contributed by atoms with Gasteiger partial charge in [-0.2, -0.15) is 5.10 Å². The predicted octanol–water partition coefficient (Wildman–Crippen LogP) is 0.955. The van der Waals surface area contributed by atoms with Crippen molar-refractivity contribution >= 4 is 5.91 Å². The van der Waals surface area contributed by atoms with Crippen molar-refractivity contribution < 1.29 is 13.9 Å². The lowest BCUT2D eigenvalue weighted by Crippen LogP contribution is -2.52. The Morgan fingerprint density at radius 1 is 1.38 bits per heavy atom. The number of halogens is 1. The third-order valence-corrected chi connectivity index (χ3v) is 3.41. The molecule has 3 rings (SSSR count). The van der Waals surface area contributed by atoms with Crippen LogP contribution in [0.3, 0.4) is 0 Å². The van der Waals surface area contributed by atoms with Crippen LogP contribution in [-0.2, 0) is 11.3 Å². The van der Waals surface area contributed by atoms with Gasteiger partial charge >= 0.3 is 0 Å². The zero-order chi connectivity index (χ0) is 14.7. The normalized spacial score (nSPS) is 14.8. The van der Waals surface area contributed by atoms with E-state index in [1.165, 1.54) is 18.5 Å². The summed E-state index contributed by atoms with van der Waals surface area (Å²) in [6, 6.07) is 6.05. The number of likely N-dealkylation sites (tertiary alicyclic amines) is 1. The highest BCUT2D eigenvalue weighted by atomic mass is 19.1. The first-order chi connectivity index (χ1) is 10.2. The molecule has 2 aromatic rings. The second-order valence-electron chi connectivity index (χ2n) is 5.00. The molecule has 1 aromatic heterocycles. The van der Waals surface area contributed by atoms with Crippen molar-refractivity contribution in [3.63, 3.8) is 0 Å². The van der Waals surface area contributed by atoms with Crippen LogP contribution in [-0.4, -0.2) is 45.3 Å². The van der Waals surface area contributed by atoms with Crippen LogP contribution in [0.2, 0.25) is 0 Å². The van der Waals surface area contributed by atoms with E-state index in [1.54, 1.807) is 28.0 Å². The summed E-state index contributed by atoms with van der Waals surface area (Å²) in [5.41, 5.74) is 0. The number of hydrogen-bond donors (Lipinski definition) is 0. The van der Waals surface area contributed by atoms with Crippen molar-refractivity contribution in [3.05, 3.63) is 42.7 Å². The van der Waals surface area contributed by atoms with Crippen LogP contribution in [0.25, 0.3) is 0 Å². The minimum Gasteiger partial charge on any atom is -0.481 e. The van der Waals surface area contributed by atoms with E-state index < -0.39 is 5.82 Å². The van der Waals surface area contributed by atoms with Gasteiger partial charge in [0, 0.05) is 25.6 Å². The molecule has 110 valence electrons. The number of nitrogens with zero attached hydrogens (tertiary/aromatic N) is 4. The van der Waals surface area contributed by atoms with E-state index in [0.717, 1.165) is 6.54 Å². The van der Waals surface area contributed by atoms with E-state index in [0.29, 0.717) is 19.0 Å². The second-order valence-corrected chi connectivity index (χ2v) is 5.00. The average Bonchev–Trinajstić information content (AvgIpc) is 2.94. The Kier molecular flexibility index (Phi) is 3.81. The first-order valence-corrected chi connectivity index (χ1v) is 6.70. The van der Waals surface area contributed by atoms with Gasteiger partial charge in [0.05, 0.1) is 0 Å². The van der Waals surface area contributed by atoms with Crippen molar-refractivity contribution in [2.45, 2.75) is 6.54 Å². The summed E-state index contributed by atoms with van der Waals surface area (Å²) >= 11 is 0. The van der Waals surface area contributed by atoms with Crippen LogP contribution in [0.5, 0.6) is 5.75 Å². The summed E-state index contributed by atoms with van der Waals surface area (Å²) in [7, 11) is 0. The number of carbonyl (C=O) groups excluding carboxylic acids is 1. The molecular weight excluding hydrogens is 275 g/mol. The number of ether oxygens (including phenoxy) is 1. The van der Waals surface area contributed by atoms with Crippen molar-refractivity contribution in [2.24, 2.45) is 5.92 Å². The second kappa shape index (κ2) is 5.90. The average molecular weight is 290 g/mol. The molecule has 0 aliphatic carbocycles. The van der Waals surface area contributed by atoms with Gasteiger partial charge in [-0.3, -0.25) is 9.48 Å². The Bertz CT molecular complexity index is 611. The zero-order valence-corrected chi connectivity index (χ0v) is 11.4. The summed E-state index contributed by atoms with van der Waals surface area (Å²) < 4.78 is 20.3. The van der Waals surface area contributed by atoms with E-state index >= 15 is 0 Å². The van der Waals surface area contributed by atoms with E-state index in [-0.39, 0.29) is 18.3 Å². The van der Waals surface area contributed by atoms with Crippen LogP contribution in [0.15, 0.2) is 36.9 Å². The largest absolute Gasteiger partial charge is 0.481 e. The molecule has 0 atom stereocenters. The molecule has 1 aliphatic rings. The smallest absolute Gasteiger partial charge is 0.260 e. The Balaban J connectivity index is 1.42. The fraction of sp³-hybridized carbons (Fsp3) is 0.357. The van der Waals surface area contributed by atoms with Gasteiger partial charge in [-0.15, -0.1) is 0 Å². The quantitative estimate of drug-likeness (QED) is 0.823. The summed E-state index contributed by atoms with van der Waals surface area (Å²) in [5, 5.41) is 4.03. The Labute approximate surface area is 121 Å². The fourth-order valence-electron chi connectivity index (χ4n) is 2.27. The first kappa shape index (κ1) is 13.5. The highest BCUT2D eigenvalue weighted by molar-refractivity contribution is 5.78. The van der Waals surface area contributed by atoms with Crippen LogP contribution in [0, 0.1) is 11.7 Å². The number of para-hydroxylation sites is 1. The molecule has 0 saturated carbocycles. The Morgan fingerprint density at radius 2 is 2.19 bits per heavy atom. The maximum Gasteiger partial charge on any atom is 0.260 e. The highest BCUT2D eigenvalue weighted by Crippen LogP contribution is 2.19. The van der Waals surface area contributed by atoms with Gasteiger partial charge in [-0.25, -0.2) is 9.37 Å². The van der Waals surface area contributed by atoms with Crippen LogP contribution in [0.1, 0.15) is 0 Å². The molecule has 0 unspecified atom stereocenters. The van der Waals surface area contributed by atoms with Crippen molar-refractivity contribution in [3.8, 4) is 5.75 Å². The molecule has 0 radical (unpaired) electrons. The number of benzene rings is 1. The first-order valence-electron chi connectivity index (χ1n) is 6.70. The molecule has 2 heterocycles. The molecule has 1 amide bonds. The molecular formula is C14H15FN4O2. The van der Waals surface area contributed by atoms with E-state index in [4.69, 9.17) is 4.74 Å². The van der Waals surface area contributed by atoms with Gasteiger partial charge in [0.25, 0.3) is 5.91 Å². The Morgan fingerprint density at radius 3 is 2.90 bits per heavy atom. The molecule has 1 aliphatic heterocycles. The van der Waals surface area contributed by atoms with Crippen LogP contribution < -0.4 is 4.74 Å². The number of rotatable bonds is 5. The molecule has 7 heteroatoms. The van der Waals surface area contributed by atoms with Crippen molar-refractivity contribution in [1.82, 2.24) is 19.7 Å². The molecule has 0 N–H and O–H groups in total. The predicted molar refractivity (Wildman–Crippen MR) is 72.0 cm³/mol. The molecule has 1 saturated heterocycles. The lowest BCUT2D eigenvalue weighted by atomic mass is 10.0. The number of carbonyl (C=O) groups is 1. The van der Waals surface area contributed by atoms with Crippen LogP contribution >= 0.6 is 0 Å². The SMILES string of the molecule is O=C(COc1ccccc1F)N1CC(Cn2cncn2)C1. The Hall–Kier alpha value is -2.44. The standard InChI is InChI=1S/C14H15FN4O2/c15-12-3-1-2-4-13(12)21-8-14(20)18-5-11(6-18)7-19-10-16-9-17-19/h1-4,9-11H,5-8H2. The van der Waals surface area contributed by atoms with Gasteiger partial charge in [0.1, 0.15) is 12.7 Å². The summed E-state index contributed by atoms with van der Waals surface area (Å²) in [6.45, 7) is 1.94. The van der Waals surface area contributed by atoms with E-state index in [2.05, 4.69) is 10.1 Å². The highest BCUT2D eigenvalue weighted by Gasteiger charge is 2.31. The topological polar surface area (TPSA) is 60.2 Å². The number of amides is 1. The van der Waals surface area contributed by atoms with Crippen LogP contribution in [0.4, 0.5) is 4.39 Å². The van der Waals surface area contributed by atoms with Gasteiger partial charge in [0.15, 0.2) is 18.2 Å². The van der Waals surface area contributed by atoms with Gasteiger partial charge in [-0.1, -0.05) is 12.1 Å². The number of aromatic nitrogens is 3.